The van der Waals surface area contributed by atoms with Crippen molar-refractivity contribution in [1.82, 2.24) is 42.5 Å². The lowest BCUT2D eigenvalue weighted by Gasteiger charge is -2.28. The maximum atomic E-state index is 13.7. The monoisotopic (exact) mass is 961 g/mol. The summed E-state index contributed by atoms with van der Waals surface area (Å²) in [5.41, 5.74) is 15.8. The summed E-state index contributed by atoms with van der Waals surface area (Å²) in [4.78, 5) is 152. The summed E-state index contributed by atoms with van der Waals surface area (Å²) in [6.45, 7) is 8.49. The summed E-state index contributed by atoms with van der Waals surface area (Å²) in [6.07, 6.45) is -2.51. The second-order valence-electron chi connectivity index (χ2n) is 16.6. The van der Waals surface area contributed by atoms with Crippen LogP contribution in [-0.2, 0) is 57.5 Å². The second-order valence-corrected chi connectivity index (χ2v) is 16.9. The Balaban J connectivity index is 6.09. The minimum absolute atomic E-state index is 0.00233. The SMILES string of the molecule is CC(C)C[C@H](NC(=O)CNC(=O)[C@@H](NC(=O)[C@H](CC(C)C)NC(=O)[C@H](CC(=O)O)NC(=O)[C@H](CS)NC(=O)[C@@H](N)CO)C(C)C)C(=O)N[C@@H](CCC(N)=O)C(=O)N[C@@H](CCC(N)=O)C(=O)O. The van der Waals surface area contributed by atoms with Crippen LogP contribution >= 0.6 is 12.6 Å². The Kier molecular flexibility index (Phi) is 27.4. The van der Waals surface area contributed by atoms with E-state index in [2.05, 4.69) is 55.2 Å². The molecule has 66 heavy (non-hydrogen) atoms. The van der Waals surface area contributed by atoms with Crippen molar-refractivity contribution >= 4 is 83.6 Å². The van der Waals surface area contributed by atoms with Crippen LogP contribution in [0.1, 0.15) is 86.5 Å². The molecule has 8 atom stereocenters. The van der Waals surface area contributed by atoms with Gasteiger partial charge in [0.25, 0.3) is 0 Å². The largest absolute Gasteiger partial charge is 0.481 e. The molecule has 0 fully saturated rings. The molecule has 0 aliphatic heterocycles. The van der Waals surface area contributed by atoms with Crippen LogP contribution in [-0.4, -0.2) is 154 Å². The number of aliphatic hydroxyl groups is 1. The van der Waals surface area contributed by atoms with Crippen molar-refractivity contribution in [3.05, 3.63) is 0 Å². The molecule has 0 aromatic carbocycles. The predicted octanol–water partition coefficient (Wildman–Crippen LogP) is -5.42. The number of aliphatic carboxylic acids is 2. The number of amides is 10. The zero-order valence-corrected chi connectivity index (χ0v) is 38.7. The number of hydrogen-bond donors (Lipinski definition) is 15. The van der Waals surface area contributed by atoms with Gasteiger partial charge in [0.2, 0.25) is 59.1 Å². The molecule has 0 aliphatic rings. The molecular weight excluding hydrogens is 895 g/mol. The van der Waals surface area contributed by atoms with Crippen LogP contribution in [0, 0.1) is 17.8 Å². The van der Waals surface area contributed by atoms with Gasteiger partial charge in [-0.25, -0.2) is 4.79 Å². The van der Waals surface area contributed by atoms with Crippen LogP contribution in [0.5, 0.6) is 0 Å². The van der Waals surface area contributed by atoms with Crippen LogP contribution in [0.25, 0.3) is 0 Å². The van der Waals surface area contributed by atoms with Gasteiger partial charge >= 0.3 is 11.9 Å². The van der Waals surface area contributed by atoms with Gasteiger partial charge in [-0.15, -0.1) is 0 Å². The molecule has 27 heteroatoms. The Morgan fingerprint density at radius 3 is 1.39 bits per heavy atom. The Morgan fingerprint density at radius 2 is 0.939 bits per heavy atom. The van der Waals surface area contributed by atoms with Crippen molar-refractivity contribution in [2.24, 2.45) is 35.0 Å². The summed E-state index contributed by atoms with van der Waals surface area (Å²) in [5.74, 6) is -13.8. The molecular formula is C39H67N11O15S. The fraction of sp³-hybridized carbons (Fsp3) is 0.692. The number of hydrogen-bond acceptors (Lipinski definition) is 15. The zero-order chi connectivity index (χ0) is 51.0. The van der Waals surface area contributed by atoms with Crippen LogP contribution in [0.15, 0.2) is 0 Å². The number of aliphatic hydroxyl groups excluding tert-OH is 1. The van der Waals surface area contributed by atoms with E-state index in [4.69, 9.17) is 22.3 Å². The van der Waals surface area contributed by atoms with Gasteiger partial charge in [0.1, 0.15) is 48.3 Å². The quantitative estimate of drug-likeness (QED) is 0.0280. The highest BCUT2D eigenvalue weighted by Gasteiger charge is 2.35. The smallest absolute Gasteiger partial charge is 0.326 e. The number of carbonyl (C=O) groups is 12. The molecule has 0 radical (unpaired) electrons. The van der Waals surface area contributed by atoms with E-state index in [-0.39, 0.29) is 49.7 Å². The first-order chi connectivity index (χ1) is 30.6. The van der Waals surface area contributed by atoms with Gasteiger partial charge in [-0.1, -0.05) is 41.5 Å². The van der Waals surface area contributed by atoms with Crippen LogP contribution in [0.3, 0.4) is 0 Å². The van der Waals surface area contributed by atoms with Gasteiger partial charge < -0.3 is 75.1 Å². The predicted molar refractivity (Wildman–Crippen MR) is 236 cm³/mol. The van der Waals surface area contributed by atoms with Crippen LogP contribution in [0.2, 0.25) is 0 Å². The first-order valence-corrected chi connectivity index (χ1v) is 21.6. The highest BCUT2D eigenvalue weighted by molar-refractivity contribution is 7.80. The molecule has 0 spiro atoms. The molecule has 26 nitrogen and oxygen atoms in total. The van der Waals surface area contributed by atoms with Gasteiger partial charge in [0.05, 0.1) is 19.6 Å². The van der Waals surface area contributed by atoms with E-state index in [1.165, 1.54) is 0 Å². The molecule has 0 unspecified atom stereocenters. The topological polar surface area (TPSA) is 440 Å². The lowest BCUT2D eigenvalue weighted by Crippen LogP contribution is -2.60. The van der Waals surface area contributed by atoms with Gasteiger partial charge in [-0.3, -0.25) is 52.7 Å². The molecule has 0 bridgehead atoms. The fourth-order valence-corrected chi connectivity index (χ4v) is 6.10. The highest BCUT2D eigenvalue weighted by Crippen LogP contribution is 2.11. The molecule has 0 saturated carbocycles. The Bertz CT molecular complexity index is 1750. The summed E-state index contributed by atoms with van der Waals surface area (Å²) in [5, 5.41) is 46.9. The summed E-state index contributed by atoms with van der Waals surface area (Å²) in [6, 6.07) is -11.7. The lowest BCUT2D eigenvalue weighted by atomic mass is 9.99. The third-order valence-electron chi connectivity index (χ3n) is 9.34. The minimum atomic E-state index is -1.77. The lowest BCUT2D eigenvalue weighted by molar-refractivity contribution is -0.143. The Hall–Kier alpha value is -6.09. The van der Waals surface area contributed by atoms with Gasteiger partial charge in [-0.05, 0) is 43.4 Å². The number of nitrogens with two attached hydrogens (primary N) is 3. The Morgan fingerprint density at radius 1 is 0.530 bits per heavy atom. The van der Waals surface area contributed by atoms with Gasteiger partial charge in [-0.2, -0.15) is 12.6 Å². The van der Waals surface area contributed by atoms with E-state index in [0.717, 1.165) is 0 Å². The molecule has 0 heterocycles. The number of primary amides is 2. The van der Waals surface area contributed by atoms with E-state index >= 15 is 0 Å². The van der Waals surface area contributed by atoms with E-state index in [0.29, 0.717) is 0 Å². The standard InChI is InChI=1S/C39H67N11O15S/c1-17(2)11-23(34(59)45-21(7-9-27(41)52)33(58)46-22(39(64)65)8-10-28(42)53)44-29(54)14-43-38(63)31(19(5)6)50-36(61)24(12-18(3)4)47-35(60)25(13-30(55)56)48-37(62)26(16-66)49-32(57)20(40)15-51/h17-26,31,51,66H,7-16,40H2,1-6H3,(H2,41,52)(H2,42,53)(H,43,63)(H,44,54)(H,45,59)(H,46,58)(H,47,60)(H,48,62)(H,49,57)(H,50,61)(H,55,56)(H,64,65)/t20-,21-,22-,23-,24-,25-,26-,31-/m0/s1. The van der Waals surface area contributed by atoms with Crippen molar-refractivity contribution in [2.75, 3.05) is 18.9 Å². The van der Waals surface area contributed by atoms with E-state index in [9.17, 15) is 67.7 Å². The molecule has 0 saturated heterocycles. The molecule has 374 valence electrons. The summed E-state index contributed by atoms with van der Waals surface area (Å²) >= 11 is 4.00. The Labute approximate surface area is 387 Å². The molecule has 0 aromatic rings. The van der Waals surface area contributed by atoms with Gasteiger partial charge in [0.15, 0.2) is 0 Å². The minimum Gasteiger partial charge on any atom is -0.481 e. The van der Waals surface area contributed by atoms with E-state index in [1.54, 1.807) is 41.5 Å². The number of carboxylic acids is 2. The maximum Gasteiger partial charge on any atom is 0.326 e. The van der Waals surface area contributed by atoms with Crippen LogP contribution in [0.4, 0.5) is 0 Å². The van der Waals surface area contributed by atoms with Crippen molar-refractivity contribution in [3.63, 3.8) is 0 Å². The number of rotatable bonds is 32. The maximum absolute atomic E-state index is 13.7. The van der Waals surface area contributed by atoms with Crippen molar-refractivity contribution in [3.8, 4) is 0 Å². The van der Waals surface area contributed by atoms with E-state index < -0.39 is 151 Å². The van der Waals surface area contributed by atoms with E-state index in [1.807, 2.05) is 0 Å². The molecule has 0 rings (SSSR count). The summed E-state index contributed by atoms with van der Waals surface area (Å²) < 4.78 is 0. The number of nitrogens with one attached hydrogen (secondary N) is 8. The number of carboxylic acid groups (broad SMARTS) is 2. The first kappa shape index (κ1) is 59.9. The first-order valence-electron chi connectivity index (χ1n) is 21.0. The fourth-order valence-electron chi connectivity index (χ4n) is 5.85. The van der Waals surface area contributed by atoms with Crippen molar-refractivity contribution < 1.29 is 72.9 Å². The third kappa shape index (κ3) is 23.7. The molecule has 0 aromatic heterocycles. The van der Waals surface area contributed by atoms with Crippen molar-refractivity contribution in [2.45, 2.75) is 135 Å². The number of thiol groups is 1. The average Bonchev–Trinajstić information content (AvgIpc) is 3.21. The average molecular weight is 962 g/mol. The van der Waals surface area contributed by atoms with Crippen molar-refractivity contribution in [1.29, 1.82) is 0 Å². The zero-order valence-electron chi connectivity index (χ0n) is 37.8. The van der Waals surface area contributed by atoms with Gasteiger partial charge in [0, 0.05) is 18.6 Å². The molecule has 17 N–H and O–H groups in total. The molecule has 10 amide bonds. The number of carbonyl (C=O) groups excluding carboxylic acids is 10. The molecule has 0 aliphatic carbocycles. The second kappa shape index (κ2) is 30.2. The normalized spacial score (nSPS) is 14.7. The summed E-state index contributed by atoms with van der Waals surface area (Å²) in [7, 11) is 0. The highest BCUT2D eigenvalue weighted by atomic mass is 32.1. The van der Waals surface area contributed by atoms with Crippen LogP contribution < -0.4 is 59.7 Å². The third-order valence-corrected chi connectivity index (χ3v) is 9.70.